The van der Waals surface area contributed by atoms with Gasteiger partial charge in [-0.2, -0.15) is 0 Å². The Morgan fingerprint density at radius 1 is 0.941 bits per heavy atom. The van der Waals surface area contributed by atoms with Gasteiger partial charge in [0.1, 0.15) is 11.6 Å². The van der Waals surface area contributed by atoms with Gasteiger partial charge in [0.2, 0.25) is 5.91 Å². The number of aryl methyl sites for hydroxylation is 1. The molecule has 7 heteroatoms. The molecular formula is C27H26FN3O3. The molecule has 2 aliphatic heterocycles. The minimum absolute atomic E-state index is 0.0815. The number of para-hydroxylation sites is 1. The van der Waals surface area contributed by atoms with Gasteiger partial charge in [-0.15, -0.1) is 0 Å². The van der Waals surface area contributed by atoms with Gasteiger partial charge in [-0.3, -0.25) is 4.79 Å². The van der Waals surface area contributed by atoms with E-state index in [2.05, 4.69) is 16.7 Å². The molecule has 0 unspecified atom stereocenters. The van der Waals surface area contributed by atoms with E-state index in [1.165, 1.54) is 17.7 Å². The van der Waals surface area contributed by atoms with Crippen molar-refractivity contribution in [3.05, 3.63) is 88.7 Å². The highest BCUT2D eigenvalue weighted by Crippen LogP contribution is 2.28. The van der Waals surface area contributed by atoms with E-state index < -0.39 is 11.8 Å². The summed E-state index contributed by atoms with van der Waals surface area (Å²) < 4.78 is 19.5. The normalized spacial score (nSPS) is 14.4. The summed E-state index contributed by atoms with van der Waals surface area (Å²) in [7, 11) is 0. The maximum Gasteiger partial charge on any atom is 0.323 e. The Balaban J connectivity index is 1.24. The van der Waals surface area contributed by atoms with Crippen molar-refractivity contribution in [2.24, 2.45) is 0 Å². The number of hydrogen-bond acceptors (Lipinski definition) is 3. The van der Waals surface area contributed by atoms with Gasteiger partial charge in [0.25, 0.3) is 0 Å². The summed E-state index contributed by atoms with van der Waals surface area (Å²) in [6.07, 6.45) is 2.97. The van der Waals surface area contributed by atoms with Crippen LogP contribution in [-0.4, -0.2) is 30.0 Å². The number of nitrogens with zero attached hydrogens (tertiary/aromatic N) is 1. The van der Waals surface area contributed by atoms with E-state index in [0.29, 0.717) is 31.6 Å². The summed E-state index contributed by atoms with van der Waals surface area (Å²) in [6, 6.07) is 17.2. The molecule has 0 spiro atoms. The molecule has 34 heavy (non-hydrogen) atoms. The molecule has 0 saturated heterocycles. The second kappa shape index (κ2) is 9.55. The first-order chi connectivity index (χ1) is 16.6. The molecule has 0 atom stereocenters. The SMILES string of the molecule is O=C(Nc1ccccc1F)Nc1cccc2c1CCN(C(=O)Cc1ccc3c(c1)CCCO3)C2. The first kappa shape index (κ1) is 21.9. The Labute approximate surface area is 197 Å². The quantitative estimate of drug-likeness (QED) is 0.582. The maximum atomic E-state index is 13.8. The Morgan fingerprint density at radius 2 is 1.76 bits per heavy atom. The third-order valence-corrected chi connectivity index (χ3v) is 6.32. The van der Waals surface area contributed by atoms with E-state index in [9.17, 15) is 14.0 Å². The molecule has 3 aromatic rings. The number of fused-ring (bicyclic) bond motifs is 2. The number of anilines is 2. The van der Waals surface area contributed by atoms with E-state index in [1.807, 2.05) is 35.2 Å². The molecule has 3 aromatic carbocycles. The lowest BCUT2D eigenvalue weighted by molar-refractivity contribution is -0.131. The number of benzene rings is 3. The number of hydrogen-bond donors (Lipinski definition) is 2. The van der Waals surface area contributed by atoms with Gasteiger partial charge in [0, 0.05) is 18.8 Å². The van der Waals surface area contributed by atoms with Gasteiger partial charge >= 0.3 is 6.03 Å². The van der Waals surface area contributed by atoms with Crippen LogP contribution in [0.3, 0.4) is 0 Å². The molecule has 0 bridgehead atoms. The lowest BCUT2D eigenvalue weighted by Gasteiger charge is -2.30. The fraction of sp³-hybridized carbons (Fsp3) is 0.259. The van der Waals surface area contributed by atoms with Crippen molar-refractivity contribution in [1.29, 1.82) is 0 Å². The molecule has 0 aliphatic carbocycles. The van der Waals surface area contributed by atoms with Crippen LogP contribution in [0.15, 0.2) is 60.7 Å². The second-order valence-electron chi connectivity index (χ2n) is 8.64. The van der Waals surface area contributed by atoms with Crippen molar-refractivity contribution in [3.8, 4) is 5.75 Å². The standard InChI is InChI=1S/C27H26FN3O3/c28-22-7-1-2-8-24(22)30-27(33)29-23-9-3-5-20-17-31(13-12-21(20)23)26(32)16-18-10-11-25-19(15-18)6-4-14-34-25/h1-3,5,7-11,15H,4,6,12-14,16-17H2,(H2,29,30,33). The fourth-order valence-electron chi connectivity index (χ4n) is 4.59. The molecule has 174 valence electrons. The van der Waals surface area contributed by atoms with Crippen LogP contribution in [0, 0.1) is 5.82 Å². The number of carbonyl (C=O) groups is 2. The van der Waals surface area contributed by atoms with Crippen molar-refractivity contribution in [3.63, 3.8) is 0 Å². The van der Waals surface area contributed by atoms with Crippen LogP contribution in [0.25, 0.3) is 0 Å². The van der Waals surface area contributed by atoms with Gasteiger partial charge in [-0.05, 0) is 65.8 Å². The lowest BCUT2D eigenvalue weighted by Crippen LogP contribution is -2.37. The zero-order chi connectivity index (χ0) is 23.5. The number of amides is 3. The number of rotatable bonds is 4. The van der Waals surface area contributed by atoms with E-state index in [0.717, 1.165) is 41.9 Å². The fourth-order valence-corrected chi connectivity index (χ4v) is 4.59. The third kappa shape index (κ3) is 4.73. The summed E-state index contributed by atoms with van der Waals surface area (Å²) in [5, 5.41) is 5.37. The Kier molecular flexibility index (Phi) is 6.16. The number of urea groups is 1. The van der Waals surface area contributed by atoms with E-state index in [-0.39, 0.29) is 11.6 Å². The second-order valence-corrected chi connectivity index (χ2v) is 8.64. The third-order valence-electron chi connectivity index (χ3n) is 6.32. The van der Waals surface area contributed by atoms with Gasteiger partial charge in [-0.1, -0.05) is 36.4 Å². The first-order valence-electron chi connectivity index (χ1n) is 11.5. The highest BCUT2D eigenvalue weighted by molar-refractivity contribution is 6.00. The Bertz CT molecular complexity index is 1240. The predicted molar refractivity (Wildman–Crippen MR) is 129 cm³/mol. The minimum atomic E-state index is -0.506. The summed E-state index contributed by atoms with van der Waals surface area (Å²) in [4.78, 5) is 27.3. The molecule has 0 fully saturated rings. The number of carbonyl (C=O) groups excluding carboxylic acids is 2. The summed E-state index contributed by atoms with van der Waals surface area (Å²) in [6.45, 7) is 1.82. The Hall–Kier alpha value is -3.87. The van der Waals surface area contributed by atoms with Gasteiger partial charge < -0.3 is 20.3 Å². The van der Waals surface area contributed by atoms with Crippen LogP contribution in [0.2, 0.25) is 0 Å². The zero-order valence-electron chi connectivity index (χ0n) is 18.8. The van der Waals surface area contributed by atoms with Crippen molar-refractivity contribution in [2.45, 2.75) is 32.2 Å². The van der Waals surface area contributed by atoms with E-state index in [1.54, 1.807) is 12.1 Å². The van der Waals surface area contributed by atoms with Crippen molar-refractivity contribution < 1.29 is 18.7 Å². The van der Waals surface area contributed by atoms with Crippen LogP contribution in [0.5, 0.6) is 5.75 Å². The molecule has 0 saturated carbocycles. The molecule has 5 rings (SSSR count). The van der Waals surface area contributed by atoms with E-state index >= 15 is 0 Å². The molecule has 2 N–H and O–H groups in total. The summed E-state index contributed by atoms with van der Waals surface area (Å²) in [5.74, 6) is 0.514. The number of ether oxygens (including phenoxy) is 1. The van der Waals surface area contributed by atoms with E-state index in [4.69, 9.17) is 4.74 Å². The highest BCUT2D eigenvalue weighted by Gasteiger charge is 2.23. The molecule has 0 radical (unpaired) electrons. The Morgan fingerprint density at radius 3 is 2.65 bits per heavy atom. The van der Waals surface area contributed by atoms with Crippen LogP contribution >= 0.6 is 0 Å². The average molecular weight is 460 g/mol. The van der Waals surface area contributed by atoms with Crippen molar-refractivity contribution in [2.75, 3.05) is 23.8 Å². The molecule has 2 aliphatic rings. The van der Waals surface area contributed by atoms with Gasteiger partial charge in [0.05, 0.1) is 18.7 Å². The molecular weight excluding hydrogens is 433 g/mol. The first-order valence-corrected chi connectivity index (χ1v) is 11.5. The van der Waals surface area contributed by atoms with Gasteiger partial charge in [0.15, 0.2) is 0 Å². The van der Waals surface area contributed by atoms with Gasteiger partial charge in [-0.25, -0.2) is 9.18 Å². The van der Waals surface area contributed by atoms with Crippen LogP contribution < -0.4 is 15.4 Å². The average Bonchev–Trinajstić information content (AvgIpc) is 2.85. The van der Waals surface area contributed by atoms with Crippen molar-refractivity contribution >= 4 is 23.3 Å². The molecule has 6 nitrogen and oxygen atoms in total. The smallest absolute Gasteiger partial charge is 0.323 e. The van der Waals surface area contributed by atoms with Crippen LogP contribution in [0.1, 0.15) is 28.7 Å². The maximum absolute atomic E-state index is 13.8. The molecule has 2 heterocycles. The van der Waals surface area contributed by atoms with Crippen LogP contribution in [-0.2, 0) is 30.6 Å². The highest BCUT2D eigenvalue weighted by atomic mass is 19.1. The minimum Gasteiger partial charge on any atom is -0.493 e. The summed E-state index contributed by atoms with van der Waals surface area (Å²) >= 11 is 0. The molecule has 0 aromatic heterocycles. The largest absolute Gasteiger partial charge is 0.493 e. The topological polar surface area (TPSA) is 70.7 Å². The van der Waals surface area contributed by atoms with Crippen molar-refractivity contribution in [1.82, 2.24) is 4.90 Å². The lowest BCUT2D eigenvalue weighted by atomic mass is 9.96. The number of halogens is 1. The predicted octanol–water partition coefficient (Wildman–Crippen LogP) is 4.92. The van der Waals surface area contributed by atoms with Crippen LogP contribution in [0.4, 0.5) is 20.6 Å². The zero-order valence-corrected chi connectivity index (χ0v) is 18.8. The summed E-state index contributed by atoms with van der Waals surface area (Å²) in [5.41, 5.74) is 4.97. The monoisotopic (exact) mass is 459 g/mol. The number of nitrogens with one attached hydrogen (secondary N) is 2. The molecule has 3 amide bonds.